The molecule has 0 aromatic heterocycles. The van der Waals surface area contributed by atoms with Crippen molar-refractivity contribution in [3.8, 4) is 0 Å². The van der Waals surface area contributed by atoms with E-state index in [4.69, 9.17) is 0 Å². The topological polar surface area (TPSA) is 15.3 Å². The largest absolute Gasteiger partial charge is 0.303 e. The highest BCUT2D eigenvalue weighted by Crippen LogP contribution is 2.34. The zero-order chi connectivity index (χ0) is 8.06. The number of alkyl halides is 2. The fourth-order valence-electron chi connectivity index (χ4n) is 2.00. The van der Waals surface area contributed by atoms with Gasteiger partial charge in [-0.05, 0) is 7.05 Å². The highest BCUT2D eigenvalue weighted by Gasteiger charge is 2.51. The normalized spacial score (nSPS) is 42.8. The second-order valence-electron chi connectivity index (χ2n) is 3.60. The van der Waals surface area contributed by atoms with Gasteiger partial charge >= 0.3 is 0 Å². The first-order valence-electron chi connectivity index (χ1n) is 3.90. The van der Waals surface area contributed by atoms with E-state index in [2.05, 4.69) is 5.32 Å². The Hall–Kier alpha value is -0.220. The smallest absolute Gasteiger partial charge is 0.265 e. The zero-order valence-electron chi connectivity index (χ0n) is 6.48. The van der Waals surface area contributed by atoms with E-state index < -0.39 is 12.0 Å². The SMILES string of the molecule is CN1CC2CC(F)(F)C(C1)N2. The van der Waals surface area contributed by atoms with E-state index in [1.54, 1.807) is 0 Å². The van der Waals surface area contributed by atoms with E-state index in [0.29, 0.717) is 6.54 Å². The number of halogens is 2. The fraction of sp³-hybridized carbons (Fsp3) is 1.00. The van der Waals surface area contributed by atoms with Crippen LogP contribution in [0.15, 0.2) is 0 Å². The predicted octanol–water partition coefficient (Wildman–Crippen LogP) is 0.298. The lowest BCUT2D eigenvalue weighted by Crippen LogP contribution is -2.52. The third kappa shape index (κ3) is 1.14. The van der Waals surface area contributed by atoms with E-state index in [9.17, 15) is 8.78 Å². The molecule has 2 saturated heterocycles. The maximum absolute atomic E-state index is 13.0. The fourth-order valence-corrected chi connectivity index (χ4v) is 2.00. The van der Waals surface area contributed by atoms with E-state index in [1.807, 2.05) is 11.9 Å². The molecule has 2 unspecified atom stereocenters. The summed E-state index contributed by atoms with van der Waals surface area (Å²) in [6, 6.07) is -0.597. The second-order valence-corrected chi connectivity index (χ2v) is 3.60. The first-order chi connectivity index (χ1) is 5.08. The van der Waals surface area contributed by atoms with Crippen molar-refractivity contribution in [3.63, 3.8) is 0 Å². The lowest BCUT2D eigenvalue weighted by Gasteiger charge is -2.29. The summed E-state index contributed by atoms with van der Waals surface area (Å²) in [5.74, 6) is -2.48. The van der Waals surface area contributed by atoms with Gasteiger partial charge in [0.2, 0.25) is 0 Å². The summed E-state index contributed by atoms with van der Waals surface area (Å²) in [6.45, 7) is 1.23. The summed E-state index contributed by atoms with van der Waals surface area (Å²) in [5.41, 5.74) is 0. The molecule has 2 rings (SSSR count). The van der Waals surface area contributed by atoms with Gasteiger partial charge < -0.3 is 10.2 Å². The number of nitrogens with zero attached hydrogens (tertiary/aromatic N) is 1. The lowest BCUT2D eigenvalue weighted by atomic mass is 10.1. The molecule has 2 heterocycles. The van der Waals surface area contributed by atoms with Crippen molar-refractivity contribution in [2.75, 3.05) is 20.1 Å². The number of piperazine rings is 1. The third-order valence-electron chi connectivity index (χ3n) is 2.49. The number of likely N-dealkylation sites (tertiary alicyclic amines) is 1. The maximum Gasteiger partial charge on any atom is 0.265 e. The molecule has 1 N–H and O–H groups in total. The Bertz CT molecular complexity index is 172. The van der Waals surface area contributed by atoms with Crippen LogP contribution in [-0.2, 0) is 0 Å². The lowest BCUT2D eigenvalue weighted by molar-refractivity contribution is -0.0143. The highest BCUT2D eigenvalue weighted by atomic mass is 19.3. The van der Waals surface area contributed by atoms with Crippen LogP contribution in [0.4, 0.5) is 8.78 Å². The molecule has 0 aliphatic carbocycles. The minimum absolute atomic E-state index is 0.00810. The Morgan fingerprint density at radius 1 is 1.45 bits per heavy atom. The molecule has 0 spiro atoms. The molecule has 0 amide bonds. The molecule has 11 heavy (non-hydrogen) atoms. The van der Waals surface area contributed by atoms with Gasteiger partial charge in [0, 0.05) is 25.6 Å². The first-order valence-corrected chi connectivity index (χ1v) is 3.90. The predicted molar refractivity (Wildman–Crippen MR) is 37.8 cm³/mol. The van der Waals surface area contributed by atoms with E-state index in [-0.39, 0.29) is 12.5 Å². The molecule has 4 heteroatoms. The van der Waals surface area contributed by atoms with Crippen LogP contribution in [0.25, 0.3) is 0 Å². The summed E-state index contributed by atoms with van der Waals surface area (Å²) >= 11 is 0. The number of rotatable bonds is 0. The summed E-state index contributed by atoms with van der Waals surface area (Å²) in [5, 5.41) is 2.92. The molecular weight excluding hydrogens is 150 g/mol. The molecule has 0 aromatic carbocycles. The van der Waals surface area contributed by atoms with Crippen molar-refractivity contribution in [1.29, 1.82) is 0 Å². The van der Waals surface area contributed by atoms with Crippen LogP contribution in [0.5, 0.6) is 0 Å². The molecule has 0 radical (unpaired) electrons. The maximum atomic E-state index is 13.0. The molecule has 2 bridgehead atoms. The summed E-state index contributed by atoms with van der Waals surface area (Å²) in [6.07, 6.45) is 0.0159. The van der Waals surface area contributed by atoms with Crippen molar-refractivity contribution in [3.05, 3.63) is 0 Å². The quantitative estimate of drug-likeness (QED) is 0.551. The molecular formula is C7H12F2N2. The average molecular weight is 162 g/mol. The van der Waals surface area contributed by atoms with Gasteiger partial charge in [0.05, 0.1) is 6.04 Å². The molecule has 2 fully saturated rings. The standard InChI is InChI=1S/C7H12F2N2/c1-11-3-5-2-7(8,9)6(4-11)10-5/h5-6,10H,2-4H2,1H3. The Kier molecular flexibility index (Phi) is 1.44. The molecule has 2 nitrogen and oxygen atoms in total. The van der Waals surface area contributed by atoms with Crippen LogP contribution in [0.1, 0.15) is 6.42 Å². The van der Waals surface area contributed by atoms with Gasteiger partial charge in [0.1, 0.15) is 0 Å². The Morgan fingerprint density at radius 3 is 2.82 bits per heavy atom. The van der Waals surface area contributed by atoms with Crippen LogP contribution in [0, 0.1) is 0 Å². The second kappa shape index (κ2) is 2.14. The summed E-state index contributed by atoms with van der Waals surface area (Å²) < 4.78 is 26.0. The van der Waals surface area contributed by atoms with Crippen molar-refractivity contribution in [2.24, 2.45) is 0 Å². The Labute approximate surface area is 64.6 Å². The highest BCUT2D eigenvalue weighted by molar-refractivity contribution is 5.02. The summed E-state index contributed by atoms with van der Waals surface area (Å²) in [4.78, 5) is 1.97. The van der Waals surface area contributed by atoms with Gasteiger partial charge in [-0.2, -0.15) is 0 Å². The minimum Gasteiger partial charge on any atom is -0.303 e. The van der Waals surface area contributed by atoms with Crippen LogP contribution in [-0.4, -0.2) is 43.0 Å². The van der Waals surface area contributed by atoms with Crippen molar-refractivity contribution in [1.82, 2.24) is 10.2 Å². The van der Waals surface area contributed by atoms with Gasteiger partial charge in [0.15, 0.2) is 0 Å². The first kappa shape index (κ1) is 7.43. The van der Waals surface area contributed by atoms with Gasteiger partial charge in [-0.15, -0.1) is 0 Å². The molecule has 2 aliphatic heterocycles. The number of fused-ring (bicyclic) bond motifs is 2. The number of nitrogens with one attached hydrogen (secondary N) is 1. The number of hydrogen-bond acceptors (Lipinski definition) is 2. The molecule has 2 atom stereocenters. The summed E-state index contributed by atoms with van der Waals surface area (Å²) in [7, 11) is 1.89. The van der Waals surface area contributed by atoms with Crippen LogP contribution >= 0.6 is 0 Å². The van der Waals surface area contributed by atoms with Gasteiger partial charge in [0.25, 0.3) is 5.92 Å². The van der Waals surface area contributed by atoms with E-state index >= 15 is 0 Å². The van der Waals surface area contributed by atoms with E-state index in [0.717, 1.165) is 6.54 Å². The minimum atomic E-state index is -2.48. The van der Waals surface area contributed by atoms with Crippen LogP contribution in [0.2, 0.25) is 0 Å². The van der Waals surface area contributed by atoms with Crippen molar-refractivity contribution in [2.45, 2.75) is 24.4 Å². The van der Waals surface area contributed by atoms with Crippen LogP contribution < -0.4 is 5.32 Å². The molecule has 64 valence electrons. The Morgan fingerprint density at radius 2 is 2.18 bits per heavy atom. The van der Waals surface area contributed by atoms with Crippen LogP contribution in [0.3, 0.4) is 0 Å². The monoisotopic (exact) mass is 162 g/mol. The van der Waals surface area contributed by atoms with Crippen molar-refractivity contribution < 1.29 is 8.78 Å². The average Bonchev–Trinajstić information content (AvgIpc) is 2.02. The van der Waals surface area contributed by atoms with Crippen molar-refractivity contribution >= 4 is 0 Å². The van der Waals surface area contributed by atoms with Gasteiger partial charge in [-0.3, -0.25) is 0 Å². The molecule has 0 aromatic rings. The zero-order valence-corrected chi connectivity index (χ0v) is 6.48. The molecule has 2 aliphatic rings. The third-order valence-corrected chi connectivity index (χ3v) is 2.49. The van der Waals surface area contributed by atoms with Gasteiger partial charge in [-0.25, -0.2) is 8.78 Å². The molecule has 0 saturated carbocycles. The number of likely N-dealkylation sites (N-methyl/N-ethyl adjacent to an activating group) is 1. The van der Waals surface area contributed by atoms with E-state index in [1.165, 1.54) is 0 Å². The van der Waals surface area contributed by atoms with Gasteiger partial charge in [-0.1, -0.05) is 0 Å². The number of hydrogen-bond donors (Lipinski definition) is 1. The Balaban J connectivity index is 2.14.